The van der Waals surface area contributed by atoms with E-state index in [0.717, 1.165) is 30.8 Å². The van der Waals surface area contributed by atoms with E-state index in [1.165, 1.54) is 7.11 Å². The predicted molar refractivity (Wildman–Crippen MR) is 116 cm³/mol. The molecule has 2 aliphatic heterocycles. The van der Waals surface area contributed by atoms with Crippen LogP contribution in [0.5, 0.6) is 5.88 Å². The molecule has 2 saturated heterocycles. The molecule has 0 aromatic carbocycles. The number of methoxy groups -OCH3 is 1. The van der Waals surface area contributed by atoms with E-state index in [-0.39, 0.29) is 6.04 Å². The van der Waals surface area contributed by atoms with Gasteiger partial charge >= 0.3 is 0 Å². The highest BCUT2D eigenvalue weighted by Crippen LogP contribution is 2.26. The number of nitrogen functional groups attached to an aromatic ring is 2. The smallest absolute Gasteiger partial charge is 0.215 e. The van der Waals surface area contributed by atoms with Gasteiger partial charge in [-0.25, -0.2) is 9.97 Å². The van der Waals surface area contributed by atoms with E-state index >= 15 is 0 Å². The maximum atomic E-state index is 5.97. The van der Waals surface area contributed by atoms with Crippen LogP contribution < -0.4 is 21.1 Å². The Balaban J connectivity index is 0.000000343. The number of nitrogens with two attached hydrogens (primary N) is 2. The maximum absolute atomic E-state index is 5.97. The fourth-order valence-electron chi connectivity index (χ4n) is 2.91. The van der Waals surface area contributed by atoms with Crippen LogP contribution in [0.15, 0.2) is 18.2 Å². The van der Waals surface area contributed by atoms with Crippen molar-refractivity contribution in [3.05, 3.63) is 18.2 Å². The average molecular weight is 421 g/mol. The zero-order valence-corrected chi connectivity index (χ0v) is 17.8. The average Bonchev–Trinajstić information content (AvgIpc) is 2.67. The van der Waals surface area contributed by atoms with E-state index < -0.39 is 0 Å². The van der Waals surface area contributed by atoms with E-state index in [1.54, 1.807) is 18.2 Å². The van der Waals surface area contributed by atoms with E-state index in [4.69, 9.17) is 25.7 Å². The second-order valence-corrected chi connectivity index (χ2v) is 7.95. The Bertz CT molecular complexity index is 818. The molecule has 0 radical (unpaired) electrons. The highest BCUT2D eigenvalue weighted by atomic mass is 32.2. The van der Waals surface area contributed by atoms with Gasteiger partial charge in [-0.15, -0.1) is 0 Å². The van der Waals surface area contributed by atoms with Crippen LogP contribution in [0.25, 0.3) is 11.4 Å². The van der Waals surface area contributed by atoms with Gasteiger partial charge in [-0.05, 0) is 19.2 Å². The van der Waals surface area contributed by atoms with E-state index in [1.807, 2.05) is 11.8 Å². The molecule has 2 fully saturated rings. The number of ether oxygens (including phenoxy) is 3. The summed E-state index contributed by atoms with van der Waals surface area (Å²) in [6.45, 7) is 6.13. The zero-order chi connectivity index (χ0) is 20.8. The molecule has 0 saturated carbocycles. The van der Waals surface area contributed by atoms with Crippen LogP contribution in [-0.2, 0) is 9.47 Å². The SMILES string of the molecule is COc1cc(-c2nc(N)cc(N3CCOCC3C)n2)cc(N)n1.CSC1COC1. The summed E-state index contributed by atoms with van der Waals surface area (Å²) in [5.74, 6) is 2.42. The molecule has 0 bridgehead atoms. The first-order valence-corrected chi connectivity index (χ1v) is 10.7. The number of morpholine rings is 1. The van der Waals surface area contributed by atoms with Crippen molar-refractivity contribution in [2.24, 2.45) is 0 Å². The van der Waals surface area contributed by atoms with Gasteiger partial charge in [0.05, 0.1) is 44.8 Å². The van der Waals surface area contributed by atoms with Crippen molar-refractivity contribution in [2.75, 3.05) is 62.7 Å². The molecule has 2 aliphatic rings. The van der Waals surface area contributed by atoms with E-state index in [9.17, 15) is 0 Å². The van der Waals surface area contributed by atoms with Crippen molar-refractivity contribution >= 4 is 29.2 Å². The molecule has 9 nitrogen and oxygen atoms in total. The fourth-order valence-corrected chi connectivity index (χ4v) is 3.37. The topological polar surface area (TPSA) is 122 Å². The van der Waals surface area contributed by atoms with Crippen molar-refractivity contribution in [1.82, 2.24) is 15.0 Å². The highest BCUT2D eigenvalue weighted by Gasteiger charge is 2.21. The van der Waals surface area contributed by atoms with Crippen molar-refractivity contribution in [3.63, 3.8) is 0 Å². The molecule has 0 spiro atoms. The molecule has 158 valence electrons. The van der Waals surface area contributed by atoms with Gasteiger partial charge in [-0.3, -0.25) is 0 Å². The minimum atomic E-state index is 0.225. The Labute approximate surface area is 175 Å². The molecule has 4 rings (SSSR count). The standard InChI is InChI=1S/C15H20N6O2.C4H8OS/c1-9-8-23-4-3-21(9)13-7-12(17)19-15(20-13)10-5-11(16)18-14(6-10)22-2;1-6-4-2-5-3-4/h5-7,9H,3-4,8H2,1-2H3,(H2,16,18)(H2,17,19,20);4H,2-3H2,1H3. The molecule has 2 aromatic rings. The molecular weight excluding hydrogens is 392 g/mol. The maximum Gasteiger partial charge on any atom is 0.215 e. The number of hydrogen-bond donors (Lipinski definition) is 2. The lowest BCUT2D eigenvalue weighted by atomic mass is 10.2. The summed E-state index contributed by atoms with van der Waals surface area (Å²) in [4.78, 5) is 15.2. The third kappa shape index (κ3) is 5.62. The number of aromatic nitrogens is 3. The Morgan fingerprint density at radius 1 is 1.07 bits per heavy atom. The fraction of sp³-hybridized carbons (Fsp3) is 0.526. The molecule has 4 N–H and O–H groups in total. The second-order valence-electron chi connectivity index (χ2n) is 6.81. The summed E-state index contributed by atoms with van der Waals surface area (Å²) in [5, 5.41) is 0.810. The number of pyridine rings is 1. The Kier molecular flexibility index (Phi) is 7.34. The monoisotopic (exact) mass is 420 g/mol. The summed E-state index contributed by atoms with van der Waals surface area (Å²) >= 11 is 1.89. The van der Waals surface area contributed by atoms with Crippen LogP contribution in [-0.4, -0.2) is 72.6 Å². The molecule has 2 aromatic heterocycles. The lowest BCUT2D eigenvalue weighted by Crippen LogP contribution is -2.44. The van der Waals surface area contributed by atoms with E-state index in [2.05, 4.69) is 33.0 Å². The molecule has 4 heterocycles. The molecule has 0 amide bonds. The molecule has 10 heteroatoms. The van der Waals surface area contributed by atoms with Gasteiger partial charge in [0.1, 0.15) is 17.5 Å². The van der Waals surface area contributed by atoms with Crippen molar-refractivity contribution < 1.29 is 14.2 Å². The van der Waals surface area contributed by atoms with Gasteiger partial charge < -0.3 is 30.6 Å². The van der Waals surface area contributed by atoms with Crippen LogP contribution in [0.4, 0.5) is 17.5 Å². The number of thioether (sulfide) groups is 1. The van der Waals surface area contributed by atoms with Crippen LogP contribution in [0.2, 0.25) is 0 Å². The third-order valence-electron chi connectivity index (χ3n) is 4.62. The second kappa shape index (κ2) is 9.95. The quantitative estimate of drug-likeness (QED) is 0.755. The van der Waals surface area contributed by atoms with Crippen molar-refractivity contribution in [1.29, 1.82) is 0 Å². The number of rotatable bonds is 4. The minimum Gasteiger partial charge on any atom is -0.481 e. The van der Waals surface area contributed by atoms with Crippen LogP contribution in [0, 0.1) is 0 Å². The Morgan fingerprint density at radius 2 is 1.83 bits per heavy atom. The Morgan fingerprint density at radius 3 is 2.41 bits per heavy atom. The number of nitrogens with zero attached hydrogens (tertiary/aromatic N) is 4. The molecular formula is C19H28N6O3S. The first kappa shape index (κ1) is 21.4. The largest absolute Gasteiger partial charge is 0.481 e. The highest BCUT2D eigenvalue weighted by molar-refractivity contribution is 7.99. The third-order valence-corrected chi connectivity index (χ3v) is 5.56. The molecule has 29 heavy (non-hydrogen) atoms. The summed E-state index contributed by atoms with van der Waals surface area (Å²) in [7, 11) is 1.53. The summed E-state index contributed by atoms with van der Waals surface area (Å²) < 4.78 is 15.5. The van der Waals surface area contributed by atoms with Gasteiger partial charge in [0.2, 0.25) is 5.88 Å². The zero-order valence-electron chi connectivity index (χ0n) is 17.0. The van der Waals surface area contributed by atoms with Crippen LogP contribution >= 0.6 is 11.8 Å². The van der Waals surface area contributed by atoms with Gasteiger partial charge in [0.25, 0.3) is 0 Å². The van der Waals surface area contributed by atoms with Gasteiger partial charge in [0.15, 0.2) is 5.82 Å². The lowest BCUT2D eigenvalue weighted by molar-refractivity contribution is 0.0457. The Hall–Kier alpha value is -2.30. The van der Waals surface area contributed by atoms with Crippen LogP contribution in [0.1, 0.15) is 6.92 Å². The molecule has 1 atom stereocenters. The summed E-state index contributed by atoms with van der Waals surface area (Å²) in [5.41, 5.74) is 12.5. The van der Waals surface area contributed by atoms with Gasteiger partial charge in [0, 0.05) is 24.2 Å². The van der Waals surface area contributed by atoms with Crippen molar-refractivity contribution in [3.8, 4) is 17.3 Å². The minimum absolute atomic E-state index is 0.225. The molecule has 0 aliphatic carbocycles. The normalized spacial score (nSPS) is 19.1. The summed E-state index contributed by atoms with van der Waals surface area (Å²) in [6, 6.07) is 5.43. The summed E-state index contributed by atoms with van der Waals surface area (Å²) in [6.07, 6.45) is 2.12. The van der Waals surface area contributed by atoms with E-state index in [0.29, 0.717) is 42.1 Å². The number of anilines is 3. The number of hydrogen-bond acceptors (Lipinski definition) is 10. The molecule has 1 unspecified atom stereocenters. The lowest BCUT2D eigenvalue weighted by Gasteiger charge is -2.34. The van der Waals surface area contributed by atoms with Gasteiger partial charge in [-0.1, -0.05) is 0 Å². The van der Waals surface area contributed by atoms with Gasteiger partial charge in [-0.2, -0.15) is 16.7 Å². The van der Waals surface area contributed by atoms with Crippen LogP contribution in [0.3, 0.4) is 0 Å². The first-order chi connectivity index (χ1) is 14.0. The first-order valence-electron chi connectivity index (χ1n) is 9.41. The predicted octanol–water partition coefficient (Wildman–Crippen LogP) is 1.68. The van der Waals surface area contributed by atoms with Crippen molar-refractivity contribution in [2.45, 2.75) is 18.2 Å².